The van der Waals surface area contributed by atoms with E-state index in [-0.39, 0.29) is 5.91 Å². The zero-order valence-electron chi connectivity index (χ0n) is 16.2. The highest BCUT2D eigenvalue weighted by Gasteiger charge is 2.12. The van der Waals surface area contributed by atoms with Crippen LogP contribution in [0, 0.1) is 0 Å². The summed E-state index contributed by atoms with van der Waals surface area (Å²) in [5.41, 5.74) is 4.24. The number of amides is 1. The molecule has 0 bridgehead atoms. The van der Waals surface area contributed by atoms with Gasteiger partial charge in [-0.1, -0.05) is 36.4 Å². The van der Waals surface area contributed by atoms with Gasteiger partial charge in [0.2, 0.25) is 5.91 Å². The Bertz CT molecular complexity index is 1150. The zero-order valence-corrected chi connectivity index (χ0v) is 16.2. The molecule has 6 heteroatoms. The predicted molar refractivity (Wildman–Crippen MR) is 113 cm³/mol. The lowest BCUT2D eigenvalue weighted by molar-refractivity contribution is -0.115. The number of methoxy groups -OCH3 is 2. The molecule has 0 aliphatic rings. The molecule has 2 aromatic carbocycles. The summed E-state index contributed by atoms with van der Waals surface area (Å²) in [6, 6.07) is 17.4. The van der Waals surface area contributed by atoms with Crippen molar-refractivity contribution in [3.63, 3.8) is 0 Å². The Morgan fingerprint density at radius 2 is 1.79 bits per heavy atom. The van der Waals surface area contributed by atoms with Crippen LogP contribution in [-0.4, -0.2) is 30.1 Å². The summed E-state index contributed by atoms with van der Waals surface area (Å²) in [6.45, 7) is 0. The monoisotopic (exact) mass is 387 g/mol. The highest BCUT2D eigenvalue weighted by molar-refractivity contribution is 6.02. The molecule has 0 radical (unpaired) electrons. The van der Waals surface area contributed by atoms with Crippen LogP contribution in [0.5, 0.6) is 11.5 Å². The van der Waals surface area contributed by atoms with Crippen LogP contribution in [0.25, 0.3) is 22.2 Å². The van der Waals surface area contributed by atoms with Gasteiger partial charge in [-0.2, -0.15) is 0 Å². The number of pyridine rings is 1. The van der Waals surface area contributed by atoms with Crippen molar-refractivity contribution in [1.82, 2.24) is 9.97 Å². The molecule has 0 saturated heterocycles. The van der Waals surface area contributed by atoms with E-state index in [2.05, 4.69) is 15.3 Å². The minimum Gasteiger partial charge on any atom is -0.493 e. The van der Waals surface area contributed by atoms with E-state index in [0.717, 1.165) is 22.1 Å². The van der Waals surface area contributed by atoms with E-state index in [9.17, 15) is 4.79 Å². The molecule has 0 saturated carbocycles. The van der Waals surface area contributed by atoms with Gasteiger partial charge in [-0.05, 0) is 29.3 Å². The van der Waals surface area contributed by atoms with E-state index >= 15 is 0 Å². The second kappa shape index (κ2) is 8.06. The van der Waals surface area contributed by atoms with Gasteiger partial charge in [0.25, 0.3) is 0 Å². The highest BCUT2D eigenvalue weighted by Crippen LogP contribution is 2.34. The van der Waals surface area contributed by atoms with Gasteiger partial charge in [0, 0.05) is 23.3 Å². The lowest BCUT2D eigenvalue weighted by atomic mass is 10.1. The summed E-state index contributed by atoms with van der Waals surface area (Å²) < 4.78 is 10.7. The molecule has 0 aliphatic carbocycles. The molecule has 2 N–H and O–H groups in total. The average Bonchev–Trinajstić information content (AvgIpc) is 3.15. The minimum absolute atomic E-state index is 0.0754. The largest absolute Gasteiger partial charge is 0.493 e. The predicted octanol–water partition coefficient (Wildman–Crippen LogP) is 4.43. The van der Waals surface area contributed by atoms with Crippen molar-refractivity contribution in [3.05, 3.63) is 72.6 Å². The summed E-state index contributed by atoms with van der Waals surface area (Å²) in [6.07, 6.45) is 3.87. The van der Waals surface area contributed by atoms with Gasteiger partial charge < -0.3 is 19.8 Å². The number of rotatable bonds is 6. The number of anilines is 1. The third-order valence-corrected chi connectivity index (χ3v) is 4.73. The number of H-pyrrole nitrogens is 1. The zero-order chi connectivity index (χ0) is 20.2. The number of fused-ring (bicyclic) bond motifs is 1. The Balaban J connectivity index is 1.62. The number of carbonyl (C=O) groups excluding carboxylic acids is 1. The first-order chi connectivity index (χ1) is 14.2. The third-order valence-electron chi connectivity index (χ3n) is 4.73. The Labute approximate surface area is 168 Å². The van der Waals surface area contributed by atoms with E-state index < -0.39 is 0 Å². The highest BCUT2D eigenvalue weighted by atomic mass is 16.5. The van der Waals surface area contributed by atoms with Crippen LogP contribution in [0.15, 0.2) is 67.0 Å². The molecule has 2 aromatic heterocycles. The first-order valence-electron chi connectivity index (χ1n) is 9.21. The van der Waals surface area contributed by atoms with Crippen molar-refractivity contribution >= 4 is 22.6 Å². The van der Waals surface area contributed by atoms with Crippen LogP contribution in [0.2, 0.25) is 0 Å². The summed E-state index contributed by atoms with van der Waals surface area (Å²) in [5.74, 6) is 1.24. The first-order valence-corrected chi connectivity index (χ1v) is 9.21. The SMILES string of the molecule is COc1ccc(-c2cnc3[nH]cc(NC(=O)Cc4ccccc4)c3c2)cc1OC. The lowest BCUT2D eigenvalue weighted by Gasteiger charge is -2.10. The normalized spacial score (nSPS) is 10.7. The molecule has 4 aromatic rings. The number of benzene rings is 2. The van der Waals surface area contributed by atoms with Gasteiger partial charge in [0.15, 0.2) is 11.5 Å². The summed E-state index contributed by atoms with van der Waals surface area (Å²) in [5, 5.41) is 3.82. The number of aromatic nitrogens is 2. The Kier molecular flexibility index (Phi) is 5.16. The van der Waals surface area contributed by atoms with Crippen molar-refractivity contribution in [2.75, 3.05) is 19.5 Å². The molecule has 2 heterocycles. The van der Waals surface area contributed by atoms with Crippen molar-refractivity contribution in [2.45, 2.75) is 6.42 Å². The molecule has 0 spiro atoms. The fourth-order valence-corrected chi connectivity index (χ4v) is 3.26. The summed E-state index contributed by atoms with van der Waals surface area (Å²) >= 11 is 0. The van der Waals surface area contributed by atoms with Gasteiger partial charge in [0.05, 0.1) is 26.3 Å². The molecule has 4 rings (SSSR count). The van der Waals surface area contributed by atoms with Crippen molar-refractivity contribution in [2.24, 2.45) is 0 Å². The molecular weight excluding hydrogens is 366 g/mol. The van der Waals surface area contributed by atoms with Gasteiger partial charge in [-0.15, -0.1) is 0 Å². The van der Waals surface area contributed by atoms with Crippen LogP contribution in [0.4, 0.5) is 5.69 Å². The van der Waals surface area contributed by atoms with Crippen LogP contribution in [-0.2, 0) is 11.2 Å². The number of nitrogens with one attached hydrogen (secondary N) is 2. The van der Waals surface area contributed by atoms with E-state index in [1.807, 2.05) is 54.6 Å². The topological polar surface area (TPSA) is 76.2 Å². The number of ether oxygens (including phenoxy) is 2. The molecule has 0 atom stereocenters. The standard InChI is InChI=1S/C23H21N3O3/c1-28-20-9-8-16(12-21(20)29-2)17-11-18-19(14-25-23(18)24-13-17)26-22(27)10-15-6-4-3-5-7-15/h3-9,11-14H,10H2,1-2H3,(H,24,25)(H,26,27). The molecule has 6 nitrogen and oxygen atoms in total. The molecule has 0 unspecified atom stereocenters. The maximum absolute atomic E-state index is 12.5. The van der Waals surface area contributed by atoms with Crippen molar-refractivity contribution < 1.29 is 14.3 Å². The van der Waals surface area contributed by atoms with E-state index in [1.54, 1.807) is 26.6 Å². The Morgan fingerprint density at radius 1 is 1.00 bits per heavy atom. The molecular formula is C23H21N3O3. The molecule has 146 valence electrons. The van der Waals surface area contributed by atoms with Crippen LogP contribution < -0.4 is 14.8 Å². The summed E-state index contributed by atoms with van der Waals surface area (Å²) in [4.78, 5) is 20.1. The molecule has 0 aliphatic heterocycles. The summed E-state index contributed by atoms with van der Waals surface area (Å²) in [7, 11) is 3.21. The second-order valence-electron chi connectivity index (χ2n) is 6.60. The smallest absolute Gasteiger partial charge is 0.228 e. The van der Waals surface area contributed by atoms with E-state index in [1.165, 1.54) is 0 Å². The molecule has 0 fully saturated rings. The number of aromatic amines is 1. The number of carbonyl (C=O) groups is 1. The number of hydrogen-bond donors (Lipinski definition) is 2. The first kappa shape index (κ1) is 18.6. The van der Waals surface area contributed by atoms with Gasteiger partial charge in [-0.25, -0.2) is 4.98 Å². The van der Waals surface area contributed by atoms with Gasteiger partial charge >= 0.3 is 0 Å². The van der Waals surface area contributed by atoms with E-state index in [4.69, 9.17) is 9.47 Å². The van der Waals surface area contributed by atoms with Crippen LogP contribution >= 0.6 is 0 Å². The van der Waals surface area contributed by atoms with E-state index in [0.29, 0.717) is 29.3 Å². The molecule has 1 amide bonds. The van der Waals surface area contributed by atoms with Crippen molar-refractivity contribution in [3.8, 4) is 22.6 Å². The third kappa shape index (κ3) is 3.91. The maximum Gasteiger partial charge on any atom is 0.228 e. The fourth-order valence-electron chi connectivity index (χ4n) is 3.26. The van der Waals surface area contributed by atoms with Crippen molar-refractivity contribution in [1.29, 1.82) is 0 Å². The number of nitrogens with zero attached hydrogens (tertiary/aromatic N) is 1. The lowest BCUT2D eigenvalue weighted by Crippen LogP contribution is -2.14. The minimum atomic E-state index is -0.0754. The quantitative estimate of drug-likeness (QED) is 0.513. The Hall–Kier alpha value is -3.80. The fraction of sp³-hybridized carbons (Fsp3) is 0.130. The average molecular weight is 387 g/mol. The second-order valence-corrected chi connectivity index (χ2v) is 6.60. The van der Waals surface area contributed by atoms with Crippen LogP contribution in [0.3, 0.4) is 0 Å². The van der Waals surface area contributed by atoms with Gasteiger partial charge in [0.1, 0.15) is 5.65 Å². The van der Waals surface area contributed by atoms with Crippen LogP contribution in [0.1, 0.15) is 5.56 Å². The molecule has 29 heavy (non-hydrogen) atoms. The Morgan fingerprint density at radius 3 is 2.55 bits per heavy atom. The van der Waals surface area contributed by atoms with Gasteiger partial charge in [-0.3, -0.25) is 4.79 Å². The number of hydrogen-bond acceptors (Lipinski definition) is 4. The maximum atomic E-state index is 12.5.